The number of H-pyrrole nitrogens is 1. The molecule has 0 fully saturated rings. The molecule has 18 heavy (non-hydrogen) atoms. The molecule has 0 unspecified atom stereocenters. The summed E-state index contributed by atoms with van der Waals surface area (Å²) in [5.41, 5.74) is 2.26. The van der Waals surface area contributed by atoms with Gasteiger partial charge in [0.25, 0.3) is 5.56 Å². The first-order valence-corrected chi connectivity index (χ1v) is 5.58. The van der Waals surface area contributed by atoms with Gasteiger partial charge >= 0.3 is 0 Å². The van der Waals surface area contributed by atoms with Gasteiger partial charge < -0.3 is 14.5 Å². The van der Waals surface area contributed by atoms with Crippen LogP contribution in [0.3, 0.4) is 0 Å². The van der Waals surface area contributed by atoms with Gasteiger partial charge in [0, 0.05) is 17.3 Å². The molecule has 0 aliphatic rings. The van der Waals surface area contributed by atoms with E-state index in [0.29, 0.717) is 17.1 Å². The number of rotatable bonds is 3. The summed E-state index contributed by atoms with van der Waals surface area (Å²) >= 11 is 0. The Balaban J connectivity index is 2.68. The SMILES string of the molecule is COc1cccc(OC)c1-c1c[nH]c(=O)c(C)c1. The molecular formula is C14H15NO3. The molecule has 0 spiro atoms. The normalized spacial score (nSPS) is 10.2. The van der Waals surface area contributed by atoms with Crippen molar-refractivity contribution in [2.24, 2.45) is 0 Å². The third-order valence-corrected chi connectivity index (χ3v) is 2.81. The summed E-state index contributed by atoms with van der Waals surface area (Å²) < 4.78 is 10.7. The molecule has 4 heteroatoms. The largest absolute Gasteiger partial charge is 0.496 e. The standard InChI is InChI=1S/C14H15NO3/c1-9-7-10(8-15-14(9)16)13-11(17-2)5-4-6-12(13)18-3/h4-8H,1-3H3,(H,15,16). The maximum absolute atomic E-state index is 11.4. The van der Waals surface area contributed by atoms with Crippen molar-refractivity contribution in [3.8, 4) is 22.6 Å². The van der Waals surface area contributed by atoms with E-state index in [1.807, 2.05) is 24.3 Å². The molecule has 2 rings (SSSR count). The Morgan fingerprint density at radius 1 is 1.11 bits per heavy atom. The van der Waals surface area contributed by atoms with Crippen LogP contribution in [0, 0.1) is 6.92 Å². The molecule has 0 amide bonds. The summed E-state index contributed by atoms with van der Waals surface area (Å²) in [4.78, 5) is 14.1. The van der Waals surface area contributed by atoms with E-state index >= 15 is 0 Å². The van der Waals surface area contributed by atoms with Gasteiger partial charge in [-0.05, 0) is 25.1 Å². The molecule has 0 saturated heterocycles. The first-order chi connectivity index (χ1) is 8.67. The van der Waals surface area contributed by atoms with Gasteiger partial charge in [-0.2, -0.15) is 0 Å². The van der Waals surface area contributed by atoms with Gasteiger partial charge in [-0.3, -0.25) is 4.79 Å². The number of aryl methyl sites for hydroxylation is 1. The smallest absolute Gasteiger partial charge is 0.250 e. The molecule has 0 aliphatic carbocycles. The number of benzene rings is 1. The van der Waals surface area contributed by atoms with Gasteiger partial charge in [0.2, 0.25) is 0 Å². The minimum atomic E-state index is -0.0902. The average Bonchev–Trinajstić information content (AvgIpc) is 2.41. The molecule has 0 saturated carbocycles. The van der Waals surface area contributed by atoms with Crippen LogP contribution in [0.15, 0.2) is 35.3 Å². The number of nitrogens with one attached hydrogen (secondary N) is 1. The highest BCUT2D eigenvalue weighted by molar-refractivity contribution is 5.76. The van der Waals surface area contributed by atoms with E-state index in [0.717, 1.165) is 11.1 Å². The van der Waals surface area contributed by atoms with Crippen molar-refractivity contribution in [2.75, 3.05) is 14.2 Å². The Morgan fingerprint density at radius 3 is 2.22 bits per heavy atom. The average molecular weight is 245 g/mol. The molecule has 94 valence electrons. The highest BCUT2D eigenvalue weighted by Crippen LogP contribution is 2.37. The lowest BCUT2D eigenvalue weighted by Crippen LogP contribution is -2.08. The van der Waals surface area contributed by atoms with Gasteiger partial charge in [0.15, 0.2) is 0 Å². The van der Waals surface area contributed by atoms with E-state index in [4.69, 9.17) is 9.47 Å². The summed E-state index contributed by atoms with van der Waals surface area (Å²) in [7, 11) is 3.22. The fraction of sp³-hybridized carbons (Fsp3) is 0.214. The van der Waals surface area contributed by atoms with Crippen LogP contribution >= 0.6 is 0 Å². The summed E-state index contributed by atoms with van der Waals surface area (Å²) in [6.45, 7) is 1.77. The first-order valence-electron chi connectivity index (χ1n) is 5.58. The van der Waals surface area contributed by atoms with Crippen LogP contribution in [0.5, 0.6) is 11.5 Å². The van der Waals surface area contributed by atoms with Gasteiger partial charge in [-0.25, -0.2) is 0 Å². The lowest BCUT2D eigenvalue weighted by Gasteiger charge is -2.13. The molecule has 1 aromatic heterocycles. The molecule has 2 aromatic rings. The number of aromatic amines is 1. The van der Waals surface area contributed by atoms with Gasteiger partial charge in [0.05, 0.1) is 19.8 Å². The first kappa shape index (κ1) is 12.2. The molecular weight excluding hydrogens is 230 g/mol. The number of methoxy groups -OCH3 is 2. The molecule has 0 aliphatic heterocycles. The van der Waals surface area contributed by atoms with E-state index in [2.05, 4.69) is 4.98 Å². The lowest BCUT2D eigenvalue weighted by molar-refractivity contribution is 0.397. The zero-order chi connectivity index (χ0) is 13.1. The topological polar surface area (TPSA) is 51.3 Å². The quantitative estimate of drug-likeness (QED) is 0.903. The summed E-state index contributed by atoms with van der Waals surface area (Å²) in [5, 5.41) is 0. The molecule has 0 atom stereocenters. The van der Waals surface area contributed by atoms with E-state index < -0.39 is 0 Å². The van der Waals surface area contributed by atoms with Crippen molar-refractivity contribution < 1.29 is 9.47 Å². The molecule has 0 bridgehead atoms. The predicted molar refractivity (Wildman–Crippen MR) is 70.3 cm³/mol. The Bertz CT molecular complexity index is 594. The van der Waals surface area contributed by atoms with E-state index in [1.165, 1.54) is 0 Å². The predicted octanol–water partition coefficient (Wildman–Crippen LogP) is 2.37. The number of hydrogen-bond donors (Lipinski definition) is 1. The van der Waals surface area contributed by atoms with Crippen molar-refractivity contribution >= 4 is 0 Å². The van der Waals surface area contributed by atoms with Crippen molar-refractivity contribution in [3.05, 3.63) is 46.4 Å². The van der Waals surface area contributed by atoms with Crippen LogP contribution in [-0.4, -0.2) is 19.2 Å². The molecule has 1 N–H and O–H groups in total. The Hall–Kier alpha value is -2.23. The fourth-order valence-corrected chi connectivity index (χ4v) is 1.88. The van der Waals surface area contributed by atoms with Gasteiger partial charge in [-0.1, -0.05) is 6.07 Å². The second kappa shape index (κ2) is 4.96. The zero-order valence-electron chi connectivity index (χ0n) is 10.6. The van der Waals surface area contributed by atoms with Crippen LogP contribution in [0.25, 0.3) is 11.1 Å². The third kappa shape index (κ3) is 2.09. The minimum Gasteiger partial charge on any atom is -0.496 e. The van der Waals surface area contributed by atoms with Gasteiger partial charge in [0.1, 0.15) is 11.5 Å². The number of pyridine rings is 1. The molecule has 0 radical (unpaired) electrons. The number of aromatic nitrogens is 1. The Kier molecular flexibility index (Phi) is 3.37. The Morgan fingerprint density at radius 2 is 1.72 bits per heavy atom. The highest BCUT2D eigenvalue weighted by atomic mass is 16.5. The zero-order valence-corrected chi connectivity index (χ0v) is 10.6. The molecule has 4 nitrogen and oxygen atoms in total. The molecule has 1 heterocycles. The minimum absolute atomic E-state index is 0.0902. The number of hydrogen-bond acceptors (Lipinski definition) is 3. The summed E-state index contributed by atoms with van der Waals surface area (Å²) in [6, 6.07) is 7.40. The second-order valence-corrected chi connectivity index (χ2v) is 3.94. The van der Waals surface area contributed by atoms with Crippen molar-refractivity contribution in [1.82, 2.24) is 4.98 Å². The fourth-order valence-electron chi connectivity index (χ4n) is 1.88. The van der Waals surface area contributed by atoms with Crippen LogP contribution in [-0.2, 0) is 0 Å². The van der Waals surface area contributed by atoms with Gasteiger partial charge in [-0.15, -0.1) is 0 Å². The summed E-state index contributed by atoms with van der Waals surface area (Å²) in [5.74, 6) is 1.42. The van der Waals surface area contributed by atoms with Crippen LogP contribution in [0.4, 0.5) is 0 Å². The highest BCUT2D eigenvalue weighted by Gasteiger charge is 2.12. The molecule has 1 aromatic carbocycles. The van der Waals surface area contributed by atoms with Crippen LogP contribution in [0.2, 0.25) is 0 Å². The van der Waals surface area contributed by atoms with E-state index in [1.54, 1.807) is 27.3 Å². The van der Waals surface area contributed by atoms with Crippen molar-refractivity contribution in [2.45, 2.75) is 6.92 Å². The van der Waals surface area contributed by atoms with Crippen molar-refractivity contribution in [3.63, 3.8) is 0 Å². The Labute approximate surface area is 105 Å². The third-order valence-electron chi connectivity index (χ3n) is 2.81. The number of ether oxygens (including phenoxy) is 2. The summed E-state index contributed by atoms with van der Waals surface area (Å²) in [6.07, 6.45) is 1.66. The maximum atomic E-state index is 11.4. The van der Waals surface area contributed by atoms with Crippen LogP contribution in [0.1, 0.15) is 5.56 Å². The monoisotopic (exact) mass is 245 g/mol. The second-order valence-electron chi connectivity index (χ2n) is 3.94. The van der Waals surface area contributed by atoms with Crippen LogP contribution < -0.4 is 15.0 Å². The van der Waals surface area contributed by atoms with E-state index in [9.17, 15) is 4.79 Å². The lowest BCUT2D eigenvalue weighted by atomic mass is 10.0. The van der Waals surface area contributed by atoms with Crippen molar-refractivity contribution in [1.29, 1.82) is 0 Å². The maximum Gasteiger partial charge on any atom is 0.250 e. The van der Waals surface area contributed by atoms with E-state index in [-0.39, 0.29) is 5.56 Å².